The number of thioether (sulfide) groups is 1. The van der Waals surface area contributed by atoms with E-state index >= 15 is 0 Å². The molecule has 0 radical (unpaired) electrons. The number of aliphatic hydroxyl groups excluding tert-OH is 4. The van der Waals surface area contributed by atoms with E-state index in [0.717, 1.165) is 16.2 Å². The molecule has 2 aliphatic rings. The number of thiazole rings is 1. The van der Waals surface area contributed by atoms with Gasteiger partial charge in [-0.15, -0.1) is 23.1 Å². The molecule has 41 heavy (non-hydrogen) atoms. The second-order valence-electron chi connectivity index (χ2n) is 8.39. The van der Waals surface area contributed by atoms with E-state index < -0.39 is 84.7 Å². The highest BCUT2D eigenvalue weighted by atomic mass is 32.2. The van der Waals surface area contributed by atoms with Crippen molar-refractivity contribution >= 4 is 63.5 Å². The molecule has 8 N–H and O–H groups in total. The number of ketones is 1. The Balaban J connectivity index is 1.73. The maximum absolute atomic E-state index is 13.1. The highest BCUT2D eigenvalue weighted by molar-refractivity contribution is 8.00. The molecule has 1 aromatic heterocycles. The van der Waals surface area contributed by atoms with Crippen molar-refractivity contribution in [2.75, 3.05) is 30.8 Å². The van der Waals surface area contributed by atoms with Gasteiger partial charge in [-0.05, 0) is 5.57 Å². The number of Topliss-reactive ketones (excluding diaryl/α,β-unsaturated/α-hetero) is 1. The third-order valence-corrected chi connectivity index (χ3v) is 7.79. The molecule has 0 saturated carbocycles. The van der Waals surface area contributed by atoms with Crippen molar-refractivity contribution in [3.8, 4) is 0 Å². The van der Waals surface area contributed by atoms with Crippen LogP contribution in [0, 0.1) is 0 Å². The molecule has 2 amide bonds. The van der Waals surface area contributed by atoms with Gasteiger partial charge in [0, 0.05) is 11.1 Å². The van der Waals surface area contributed by atoms with Gasteiger partial charge in [0.25, 0.3) is 11.8 Å². The van der Waals surface area contributed by atoms with Gasteiger partial charge < -0.3 is 46.1 Å². The maximum atomic E-state index is 13.1. The van der Waals surface area contributed by atoms with E-state index in [1.807, 2.05) is 0 Å². The molecular formula is C22H25N5O12S2. The number of nitrogens with zero attached hydrogens (tertiary/aromatic N) is 3. The number of amides is 2. The molecule has 0 aliphatic carbocycles. The normalized spacial score (nSPS) is 20.7. The lowest BCUT2D eigenvalue weighted by atomic mass is 10.0. The first-order valence-electron chi connectivity index (χ1n) is 11.5. The first-order chi connectivity index (χ1) is 19.4. The molecule has 5 atom stereocenters. The van der Waals surface area contributed by atoms with Crippen LogP contribution in [-0.4, -0.2) is 131 Å². The Morgan fingerprint density at radius 1 is 1.27 bits per heavy atom. The van der Waals surface area contributed by atoms with Crippen molar-refractivity contribution in [3.05, 3.63) is 35.0 Å². The zero-order chi connectivity index (χ0) is 30.4. The molecule has 2 aliphatic heterocycles. The summed E-state index contributed by atoms with van der Waals surface area (Å²) in [4.78, 5) is 70.3. The Hall–Kier alpha value is -3.88. The minimum Gasteiger partial charge on any atom is -0.479 e. The Morgan fingerprint density at radius 3 is 2.59 bits per heavy atom. The van der Waals surface area contributed by atoms with E-state index in [1.54, 1.807) is 0 Å². The van der Waals surface area contributed by atoms with Crippen LogP contribution in [0.15, 0.2) is 34.5 Å². The molecule has 1 saturated heterocycles. The Kier molecular flexibility index (Phi) is 10.5. The number of hydrogen-bond acceptors (Lipinski definition) is 15. The third kappa shape index (κ3) is 7.07. The standard InChI is InChI=1S/C22H25N5O12S2/c1-2-8-6-40-20-14(19(36)27(20)15(8)21(37)38)25-18(35)13(26-39-5-12(31)32)9-7-41-22(24-9)23-3-10(29)16(33)17(34)11(30)4-28/h2,7,11,14,16-17,20,28,30,33-34H,1,3-6H2,(H,23,24)(H,25,35)(H,31,32)(H,37,38)/b26-13-/t11?,14-,16?,17?,20-/m1/s1. The largest absolute Gasteiger partial charge is 0.479 e. The van der Waals surface area contributed by atoms with Gasteiger partial charge in [-0.2, -0.15) is 0 Å². The monoisotopic (exact) mass is 615 g/mol. The van der Waals surface area contributed by atoms with Crippen LogP contribution < -0.4 is 10.6 Å². The predicted octanol–water partition coefficient (Wildman–Crippen LogP) is -3.07. The van der Waals surface area contributed by atoms with Gasteiger partial charge >= 0.3 is 11.9 Å². The molecule has 3 unspecified atom stereocenters. The lowest BCUT2D eigenvalue weighted by Crippen LogP contribution is -2.71. The van der Waals surface area contributed by atoms with Crippen LogP contribution in [0.25, 0.3) is 0 Å². The van der Waals surface area contributed by atoms with Crippen LogP contribution in [0.3, 0.4) is 0 Å². The number of anilines is 1. The number of carboxylic acids is 2. The number of nitrogens with one attached hydrogen (secondary N) is 2. The number of rotatable bonds is 15. The summed E-state index contributed by atoms with van der Waals surface area (Å²) in [7, 11) is 0. The summed E-state index contributed by atoms with van der Waals surface area (Å²) < 4.78 is 0. The number of fused-ring (bicyclic) bond motifs is 1. The van der Waals surface area contributed by atoms with Crippen LogP contribution >= 0.6 is 23.1 Å². The number of β-lactam (4-membered cyclic amide) rings is 1. The summed E-state index contributed by atoms with van der Waals surface area (Å²) in [6.07, 6.45) is -4.37. The second kappa shape index (κ2) is 13.7. The number of hydrogen-bond donors (Lipinski definition) is 8. The lowest BCUT2D eigenvalue weighted by molar-refractivity contribution is -0.150. The molecule has 3 rings (SSSR count). The van der Waals surface area contributed by atoms with Gasteiger partial charge in [0.05, 0.1) is 13.2 Å². The van der Waals surface area contributed by atoms with E-state index in [4.69, 9.17) is 15.1 Å². The Bertz CT molecular complexity index is 1300. The van der Waals surface area contributed by atoms with Gasteiger partial charge in [-0.1, -0.05) is 17.8 Å². The lowest BCUT2D eigenvalue weighted by Gasteiger charge is -2.49. The van der Waals surface area contributed by atoms with Gasteiger partial charge in [-0.3, -0.25) is 19.3 Å². The van der Waals surface area contributed by atoms with Crippen molar-refractivity contribution in [1.29, 1.82) is 0 Å². The number of aliphatic carboxylic acids is 2. The molecular weight excluding hydrogens is 590 g/mol. The molecule has 1 aromatic rings. The van der Waals surface area contributed by atoms with Gasteiger partial charge in [0.2, 0.25) is 6.61 Å². The zero-order valence-electron chi connectivity index (χ0n) is 20.9. The first kappa shape index (κ1) is 31.6. The van der Waals surface area contributed by atoms with Crippen molar-refractivity contribution in [1.82, 2.24) is 15.2 Å². The number of aliphatic hydroxyl groups is 4. The van der Waals surface area contributed by atoms with Crippen molar-refractivity contribution in [3.63, 3.8) is 0 Å². The fourth-order valence-electron chi connectivity index (χ4n) is 3.61. The van der Waals surface area contributed by atoms with Crippen LogP contribution in [0.5, 0.6) is 0 Å². The van der Waals surface area contributed by atoms with Gasteiger partial charge in [-0.25, -0.2) is 14.6 Å². The average molecular weight is 616 g/mol. The molecule has 17 nitrogen and oxygen atoms in total. The highest BCUT2D eigenvalue weighted by Crippen LogP contribution is 2.40. The minimum absolute atomic E-state index is 0.0263. The number of carbonyl (C=O) groups is 5. The maximum Gasteiger partial charge on any atom is 0.352 e. The average Bonchev–Trinajstić information content (AvgIpc) is 3.42. The zero-order valence-corrected chi connectivity index (χ0v) is 22.5. The Morgan fingerprint density at radius 2 is 1.98 bits per heavy atom. The summed E-state index contributed by atoms with van der Waals surface area (Å²) in [5.41, 5.74) is -0.583. The summed E-state index contributed by atoms with van der Waals surface area (Å²) in [5, 5.41) is 65.2. The molecule has 3 heterocycles. The highest BCUT2D eigenvalue weighted by Gasteiger charge is 2.54. The molecule has 19 heteroatoms. The molecule has 222 valence electrons. The van der Waals surface area contributed by atoms with Crippen LogP contribution in [0.1, 0.15) is 5.69 Å². The molecule has 0 bridgehead atoms. The summed E-state index contributed by atoms with van der Waals surface area (Å²) in [6, 6.07) is -1.14. The molecule has 1 fully saturated rings. The summed E-state index contributed by atoms with van der Waals surface area (Å²) >= 11 is 2.07. The number of aromatic nitrogens is 1. The minimum atomic E-state index is -2.02. The van der Waals surface area contributed by atoms with E-state index in [1.165, 1.54) is 23.2 Å². The molecule has 0 spiro atoms. The van der Waals surface area contributed by atoms with E-state index in [-0.39, 0.29) is 22.3 Å². The van der Waals surface area contributed by atoms with Crippen molar-refractivity contribution < 1.29 is 59.4 Å². The van der Waals surface area contributed by atoms with E-state index in [0.29, 0.717) is 5.57 Å². The smallest absolute Gasteiger partial charge is 0.352 e. The van der Waals surface area contributed by atoms with Gasteiger partial charge in [0.15, 0.2) is 16.6 Å². The number of carboxylic acid groups (broad SMARTS) is 2. The van der Waals surface area contributed by atoms with Crippen LogP contribution in [0.4, 0.5) is 5.13 Å². The molecule has 0 aromatic carbocycles. The van der Waals surface area contributed by atoms with E-state index in [2.05, 4.69) is 27.4 Å². The first-order valence-corrected chi connectivity index (χ1v) is 13.5. The number of allylic oxidation sites excluding steroid dienone is 1. The quantitative estimate of drug-likeness (QED) is 0.0552. The summed E-state index contributed by atoms with van der Waals surface area (Å²) in [5.74, 6) is -5.16. The topological polar surface area (TPSA) is 269 Å². The Labute approximate surface area is 238 Å². The van der Waals surface area contributed by atoms with E-state index in [9.17, 15) is 44.4 Å². The van der Waals surface area contributed by atoms with Crippen molar-refractivity contribution in [2.24, 2.45) is 5.16 Å². The van der Waals surface area contributed by atoms with Crippen LogP contribution in [0.2, 0.25) is 0 Å². The third-order valence-electron chi connectivity index (χ3n) is 5.69. The predicted molar refractivity (Wildman–Crippen MR) is 141 cm³/mol. The SMILES string of the molecule is C=CC1=C(C(=O)O)N2C(=O)[C@@H](NC(=O)/C(=N\OCC(=O)O)c3csc(NCC(=O)C(O)C(O)C(O)CO)n3)[C@H]2SC1. The van der Waals surface area contributed by atoms with Gasteiger partial charge in [0.1, 0.15) is 41.1 Å². The summed E-state index contributed by atoms with van der Waals surface area (Å²) in [6.45, 7) is 1.18. The van der Waals surface area contributed by atoms with Crippen LogP contribution in [-0.2, 0) is 28.8 Å². The number of carbonyl (C=O) groups excluding carboxylic acids is 3. The number of oxime groups is 1. The second-order valence-corrected chi connectivity index (χ2v) is 10.4. The fourth-order valence-corrected chi connectivity index (χ4v) is 5.64. The van der Waals surface area contributed by atoms with Crippen molar-refractivity contribution in [2.45, 2.75) is 29.7 Å². The fraction of sp³-hybridized carbons (Fsp3) is 0.409.